The molecule has 0 bridgehead atoms. The van der Waals surface area contributed by atoms with Gasteiger partial charge < -0.3 is 14.6 Å². The van der Waals surface area contributed by atoms with Crippen molar-refractivity contribution in [1.29, 1.82) is 0 Å². The van der Waals surface area contributed by atoms with E-state index in [-0.39, 0.29) is 5.91 Å². The highest BCUT2D eigenvalue weighted by molar-refractivity contribution is 5.88. The van der Waals surface area contributed by atoms with Crippen molar-refractivity contribution in [3.05, 3.63) is 85.2 Å². The Labute approximate surface area is 176 Å². The third-order valence-electron chi connectivity index (χ3n) is 5.10. The first-order valence-electron chi connectivity index (χ1n) is 10.2. The molecule has 5 nitrogen and oxygen atoms in total. The average molecular weight is 399 g/mol. The van der Waals surface area contributed by atoms with E-state index >= 15 is 0 Å². The Morgan fingerprint density at radius 3 is 2.77 bits per heavy atom. The molecule has 0 unspecified atom stereocenters. The van der Waals surface area contributed by atoms with E-state index in [0.717, 1.165) is 41.0 Å². The van der Waals surface area contributed by atoms with E-state index in [9.17, 15) is 4.79 Å². The van der Waals surface area contributed by atoms with E-state index in [0.29, 0.717) is 19.6 Å². The summed E-state index contributed by atoms with van der Waals surface area (Å²) in [4.78, 5) is 16.2. The molecular weight excluding hydrogens is 374 g/mol. The number of ether oxygens (including phenoxy) is 1. The number of aromatic nitrogens is 2. The smallest absolute Gasteiger partial charge is 0.243 e. The first-order valence-corrected chi connectivity index (χ1v) is 10.2. The van der Waals surface area contributed by atoms with Crippen molar-refractivity contribution in [2.75, 3.05) is 13.2 Å². The van der Waals surface area contributed by atoms with Crippen LogP contribution in [0, 0.1) is 0 Å². The minimum atomic E-state index is -0.166. The molecule has 1 N–H and O–H groups in total. The number of nitrogens with zero attached hydrogens (tertiary/aromatic N) is 2. The number of imidazole rings is 1. The van der Waals surface area contributed by atoms with Crippen LogP contribution in [0.15, 0.2) is 79.4 Å². The lowest BCUT2D eigenvalue weighted by Gasteiger charge is -2.12. The second-order valence-corrected chi connectivity index (χ2v) is 7.09. The van der Waals surface area contributed by atoms with Crippen LogP contribution in [0.4, 0.5) is 0 Å². The average Bonchev–Trinajstić information content (AvgIpc) is 3.14. The van der Waals surface area contributed by atoms with Crippen LogP contribution >= 0.6 is 0 Å². The predicted molar refractivity (Wildman–Crippen MR) is 121 cm³/mol. The predicted octanol–water partition coefficient (Wildman–Crippen LogP) is 4.50. The number of carbonyl (C=O) groups is 1. The lowest BCUT2D eigenvalue weighted by molar-refractivity contribution is -0.116. The molecule has 1 amide bonds. The molecule has 4 aromatic rings. The number of aryl methyl sites for hydroxylation is 1. The number of rotatable bonds is 9. The summed E-state index contributed by atoms with van der Waals surface area (Å²) in [6.45, 7) is 5.43. The topological polar surface area (TPSA) is 56.2 Å². The highest BCUT2D eigenvalue weighted by Gasteiger charge is 2.10. The number of carbonyl (C=O) groups excluding carboxylic acids is 1. The molecule has 0 aliphatic carbocycles. The van der Waals surface area contributed by atoms with Crippen molar-refractivity contribution in [3.63, 3.8) is 0 Å². The van der Waals surface area contributed by atoms with Crippen LogP contribution in [0.2, 0.25) is 0 Å². The van der Waals surface area contributed by atoms with Crippen molar-refractivity contribution >= 4 is 27.7 Å². The Morgan fingerprint density at radius 1 is 1.07 bits per heavy atom. The summed E-state index contributed by atoms with van der Waals surface area (Å²) >= 11 is 0. The summed E-state index contributed by atoms with van der Waals surface area (Å²) in [5.41, 5.74) is 2.07. The zero-order valence-corrected chi connectivity index (χ0v) is 16.9. The standard InChI is InChI=1S/C25H25N3O2/c1-2-25(29)26-16-15-24-27-21-12-5-6-13-22(21)28(24)17-8-18-30-23-14-7-10-19-9-3-4-11-20(19)23/h2-7,9-14H,1,8,15-18H2,(H,26,29). The van der Waals surface area contributed by atoms with Crippen LogP contribution in [0.5, 0.6) is 5.75 Å². The number of amides is 1. The van der Waals surface area contributed by atoms with Gasteiger partial charge in [0.2, 0.25) is 5.91 Å². The van der Waals surface area contributed by atoms with Crippen molar-refractivity contribution in [2.45, 2.75) is 19.4 Å². The van der Waals surface area contributed by atoms with E-state index in [1.807, 2.05) is 42.5 Å². The maximum atomic E-state index is 11.4. The fourth-order valence-electron chi connectivity index (χ4n) is 3.66. The van der Waals surface area contributed by atoms with E-state index in [1.54, 1.807) is 0 Å². The maximum Gasteiger partial charge on any atom is 0.243 e. The summed E-state index contributed by atoms with van der Waals surface area (Å²) in [7, 11) is 0. The lowest BCUT2D eigenvalue weighted by Crippen LogP contribution is -2.24. The number of nitrogens with one attached hydrogen (secondary N) is 1. The van der Waals surface area contributed by atoms with Crippen LogP contribution in [0.3, 0.4) is 0 Å². The summed E-state index contributed by atoms with van der Waals surface area (Å²) < 4.78 is 8.32. The summed E-state index contributed by atoms with van der Waals surface area (Å²) in [5.74, 6) is 1.71. The molecule has 0 atom stereocenters. The van der Waals surface area contributed by atoms with Crippen molar-refractivity contribution in [3.8, 4) is 5.75 Å². The van der Waals surface area contributed by atoms with Gasteiger partial charge in [0.15, 0.2) is 0 Å². The molecule has 152 valence electrons. The van der Waals surface area contributed by atoms with Crippen LogP contribution in [-0.4, -0.2) is 28.6 Å². The molecule has 0 radical (unpaired) electrons. The first-order chi connectivity index (χ1) is 14.8. The van der Waals surface area contributed by atoms with Crippen LogP contribution in [-0.2, 0) is 17.8 Å². The maximum absolute atomic E-state index is 11.4. The van der Waals surface area contributed by atoms with Crippen molar-refractivity contribution < 1.29 is 9.53 Å². The minimum Gasteiger partial charge on any atom is -0.493 e. The third-order valence-corrected chi connectivity index (χ3v) is 5.10. The normalized spacial score (nSPS) is 10.9. The summed E-state index contributed by atoms with van der Waals surface area (Å²) in [6.07, 6.45) is 2.81. The Hall–Kier alpha value is -3.60. The molecule has 0 saturated heterocycles. The molecule has 1 aromatic heterocycles. The number of hydrogen-bond acceptors (Lipinski definition) is 3. The van der Waals surface area contributed by atoms with Gasteiger partial charge in [-0.3, -0.25) is 4.79 Å². The molecule has 3 aromatic carbocycles. The zero-order chi connectivity index (χ0) is 20.8. The third kappa shape index (κ3) is 4.35. The fourth-order valence-corrected chi connectivity index (χ4v) is 3.66. The minimum absolute atomic E-state index is 0.166. The van der Waals surface area contributed by atoms with Gasteiger partial charge >= 0.3 is 0 Å². The Balaban J connectivity index is 1.43. The molecule has 5 heteroatoms. The van der Waals surface area contributed by atoms with Gasteiger partial charge in [-0.05, 0) is 36.1 Å². The van der Waals surface area contributed by atoms with E-state index < -0.39 is 0 Å². The molecule has 1 heterocycles. The van der Waals surface area contributed by atoms with Crippen molar-refractivity contribution in [2.24, 2.45) is 0 Å². The largest absolute Gasteiger partial charge is 0.493 e. The SMILES string of the molecule is C=CC(=O)NCCc1nc2ccccc2n1CCCOc1cccc2ccccc12. The highest BCUT2D eigenvalue weighted by atomic mass is 16.5. The lowest BCUT2D eigenvalue weighted by atomic mass is 10.1. The van der Waals surface area contributed by atoms with E-state index in [1.165, 1.54) is 11.5 Å². The van der Waals surface area contributed by atoms with Gasteiger partial charge in [0.1, 0.15) is 11.6 Å². The van der Waals surface area contributed by atoms with Gasteiger partial charge in [-0.2, -0.15) is 0 Å². The number of hydrogen-bond donors (Lipinski definition) is 1. The summed E-state index contributed by atoms with van der Waals surface area (Å²) in [5, 5.41) is 5.13. The van der Waals surface area contributed by atoms with Gasteiger partial charge in [-0.15, -0.1) is 0 Å². The molecule has 30 heavy (non-hydrogen) atoms. The number of fused-ring (bicyclic) bond motifs is 2. The molecular formula is C25H25N3O2. The van der Waals surface area contributed by atoms with Gasteiger partial charge in [0.25, 0.3) is 0 Å². The molecule has 4 rings (SSSR count). The van der Waals surface area contributed by atoms with Crippen LogP contribution < -0.4 is 10.1 Å². The van der Waals surface area contributed by atoms with E-state index in [4.69, 9.17) is 9.72 Å². The number of para-hydroxylation sites is 2. The van der Waals surface area contributed by atoms with Gasteiger partial charge in [-0.1, -0.05) is 55.1 Å². The van der Waals surface area contributed by atoms with Crippen molar-refractivity contribution in [1.82, 2.24) is 14.9 Å². The van der Waals surface area contributed by atoms with Gasteiger partial charge in [0, 0.05) is 24.9 Å². The first kappa shape index (κ1) is 19.7. The second-order valence-electron chi connectivity index (χ2n) is 7.09. The molecule has 0 aliphatic heterocycles. The number of benzene rings is 3. The van der Waals surface area contributed by atoms with Crippen LogP contribution in [0.25, 0.3) is 21.8 Å². The monoisotopic (exact) mass is 399 g/mol. The Morgan fingerprint density at radius 2 is 1.87 bits per heavy atom. The Kier molecular flexibility index (Phi) is 6.09. The molecule has 0 aliphatic rings. The molecule has 0 fully saturated rings. The van der Waals surface area contributed by atoms with Crippen LogP contribution in [0.1, 0.15) is 12.2 Å². The van der Waals surface area contributed by atoms with Gasteiger partial charge in [-0.25, -0.2) is 4.98 Å². The summed E-state index contributed by atoms with van der Waals surface area (Å²) in [6, 6.07) is 22.5. The quantitative estimate of drug-likeness (QED) is 0.333. The molecule has 0 spiro atoms. The van der Waals surface area contributed by atoms with E-state index in [2.05, 4.69) is 40.7 Å². The Bertz CT molecular complexity index is 1170. The van der Waals surface area contributed by atoms with Gasteiger partial charge in [0.05, 0.1) is 17.6 Å². The molecule has 0 saturated carbocycles. The zero-order valence-electron chi connectivity index (χ0n) is 16.9. The second kappa shape index (κ2) is 9.27. The highest BCUT2D eigenvalue weighted by Crippen LogP contribution is 2.25. The fraction of sp³-hybridized carbons (Fsp3) is 0.200.